The molecule has 1 atom stereocenters. The molecule has 3 heterocycles. The number of β-amino-alcohol motifs (C(OH)–C–C–N with tert-alkyl or cyclic N) is 1. The first-order valence-electron chi connectivity index (χ1n) is 8.92. The number of carbonyl (C=O) groups excluding carboxylic acids is 1. The Morgan fingerprint density at radius 2 is 2.15 bits per heavy atom. The van der Waals surface area contributed by atoms with Gasteiger partial charge in [-0.3, -0.25) is 14.4 Å². The number of H-pyrrole nitrogens is 1. The first-order valence-corrected chi connectivity index (χ1v) is 8.92. The summed E-state index contributed by atoms with van der Waals surface area (Å²) in [5.74, 6) is -0.504. The number of hydrogen-bond acceptors (Lipinski definition) is 4. The molecular formula is C20H21N3O4. The van der Waals surface area contributed by atoms with Gasteiger partial charge in [0.1, 0.15) is 18.3 Å². The van der Waals surface area contributed by atoms with Crippen molar-refractivity contribution < 1.29 is 14.7 Å². The average Bonchev–Trinajstić information content (AvgIpc) is 3.27. The van der Waals surface area contributed by atoms with Gasteiger partial charge < -0.3 is 14.7 Å². The lowest BCUT2D eigenvalue weighted by Crippen LogP contribution is -2.36. The summed E-state index contributed by atoms with van der Waals surface area (Å²) in [4.78, 5) is 34.0. The van der Waals surface area contributed by atoms with Crippen LogP contribution in [0.1, 0.15) is 21.5 Å². The molecule has 2 N–H and O–H groups in total. The van der Waals surface area contributed by atoms with Gasteiger partial charge in [0.05, 0.1) is 6.54 Å². The summed E-state index contributed by atoms with van der Waals surface area (Å²) in [7, 11) is 0. The number of aliphatic hydroxyl groups excluding tert-OH is 1. The van der Waals surface area contributed by atoms with Crippen molar-refractivity contribution in [3.8, 4) is 0 Å². The van der Waals surface area contributed by atoms with Crippen LogP contribution >= 0.6 is 0 Å². The van der Waals surface area contributed by atoms with E-state index >= 15 is 0 Å². The van der Waals surface area contributed by atoms with Crippen molar-refractivity contribution in [2.75, 3.05) is 13.2 Å². The van der Waals surface area contributed by atoms with Crippen molar-refractivity contribution >= 4 is 16.8 Å². The molecule has 0 bridgehead atoms. The number of hydroxylamine groups is 2. The minimum atomic E-state index is -0.720. The topological polar surface area (TPSA) is 87.6 Å². The predicted octanol–water partition coefficient (Wildman–Crippen LogP) is 1.63. The third kappa shape index (κ3) is 3.27. The Morgan fingerprint density at radius 1 is 1.33 bits per heavy atom. The average molecular weight is 367 g/mol. The summed E-state index contributed by atoms with van der Waals surface area (Å²) < 4.78 is 1.55. The number of carbonyl (C=O) groups is 1. The highest BCUT2D eigenvalue weighted by atomic mass is 16.7. The monoisotopic (exact) mass is 367 g/mol. The summed E-state index contributed by atoms with van der Waals surface area (Å²) in [6.07, 6.45) is 3.61. The molecule has 4 rings (SSSR count). The summed E-state index contributed by atoms with van der Waals surface area (Å²) in [5, 5.41) is 11.8. The van der Waals surface area contributed by atoms with Crippen molar-refractivity contribution in [3.05, 3.63) is 69.8 Å². The molecule has 1 aliphatic rings. The molecule has 7 nitrogen and oxygen atoms in total. The van der Waals surface area contributed by atoms with Crippen molar-refractivity contribution in [2.24, 2.45) is 0 Å². The van der Waals surface area contributed by atoms with Gasteiger partial charge in [-0.1, -0.05) is 18.2 Å². The first kappa shape index (κ1) is 17.5. The van der Waals surface area contributed by atoms with Crippen LogP contribution in [0.3, 0.4) is 0 Å². The van der Waals surface area contributed by atoms with Crippen LogP contribution in [0.4, 0.5) is 0 Å². The third-order valence-electron chi connectivity index (χ3n) is 4.91. The molecule has 7 heteroatoms. The number of rotatable bonds is 4. The van der Waals surface area contributed by atoms with Crippen LogP contribution in [0, 0.1) is 6.92 Å². The van der Waals surface area contributed by atoms with Crippen LogP contribution in [0.15, 0.2) is 47.5 Å². The molecule has 0 spiro atoms. The van der Waals surface area contributed by atoms with Gasteiger partial charge in [-0.25, -0.2) is 5.06 Å². The number of benzene rings is 1. The Hall–Kier alpha value is -2.90. The number of pyridine rings is 1. The van der Waals surface area contributed by atoms with Gasteiger partial charge in [-0.15, -0.1) is 0 Å². The Labute approximate surface area is 155 Å². The van der Waals surface area contributed by atoms with Gasteiger partial charge in [0, 0.05) is 29.8 Å². The van der Waals surface area contributed by atoms with Gasteiger partial charge in [-0.2, -0.15) is 0 Å². The van der Waals surface area contributed by atoms with E-state index in [2.05, 4.69) is 4.98 Å². The maximum absolute atomic E-state index is 12.9. The number of hydrogen-bond donors (Lipinski definition) is 2. The molecule has 1 aromatic carbocycles. The SMILES string of the molecule is Cc1ccn(CCc2c[nH]c3ccccc23)c(=O)c1C(=O)N1CC(O)CO1. The summed E-state index contributed by atoms with van der Waals surface area (Å²) in [6, 6.07) is 9.78. The van der Waals surface area contributed by atoms with Crippen LogP contribution in [-0.4, -0.2) is 44.9 Å². The zero-order valence-electron chi connectivity index (χ0n) is 15.0. The molecule has 140 valence electrons. The molecule has 1 aliphatic heterocycles. The fourth-order valence-corrected chi connectivity index (χ4v) is 3.42. The second-order valence-corrected chi connectivity index (χ2v) is 6.80. The third-order valence-corrected chi connectivity index (χ3v) is 4.91. The molecule has 3 aromatic rings. The molecular weight excluding hydrogens is 346 g/mol. The highest BCUT2D eigenvalue weighted by Gasteiger charge is 2.29. The standard InChI is InChI=1S/C20H21N3O4/c1-13-6-8-22(9-7-14-10-21-17-5-3-2-4-16(14)17)19(25)18(13)20(26)23-11-15(24)12-27-23/h2-6,8,10,15,21,24H,7,9,11-12H2,1H3. The summed E-state index contributed by atoms with van der Waals surface area (Å²) in [6.45, 7) is 2.32. The van der Waals surface area contributed by atoms with E-state index in [4.69, 9.17) is 4.84 Å². The van der Waals surface area contributed by atoms with E-state index in [-0.39, 0.29) is 24.3 Å². The quantitative estimate of drug-likeness (QED) is 0.734. The maximum atomic E-state index is 12.9. The fraction of sp³-hybridized carbons (Fsp3) is 0.300. The zero-order valence-corrected chi connectivity index (χ0v) is 15.0. The fourth-order valence-electron chi connectivity index (χ4n) is 3.42. The van der Waals surface area contributed by atoms with Crippen LogP contribution in [0.25, 0.3) is 10.9 Å². The van der Waals surface area contributed by atoms with E-state index in [9.17, 15) is 14.7 Å². The zero-order chi connectivity index (χ0) is 19.0. The van der Waals surface area contributed by atoms with Crippen LogP contribution in [-0.2, 0) is 17.8 Å². The number of nitrogens with one attached hydrogen (secondary N) is 1. The van der Waals surface area contributed by atoms with E-state index < -0.39 is 12.0 Å². The Morgan fingerprint density at radius 3 is 2.93 bits per heavy atom. The van der Waals surface area contributed by atoms with E-state index in [1.54, 1.807) is 23.8 Å². The van der Waals surface area contributed by atoms with Gasteiger partial charge in [0.15, 0.2) is 0 Å². The molecule has 0 saturated carbocycles. The smallest absolute Gasteiger partial charge is 0.283 e. The Kier molecular flexibility index (Phi) is 4.55. The van der Waals surface area contributed by atoms with Gasteiger partial charge >= 0.3 is 0 Å². The normalized spacial score (nSPS) is 17.0. The molecule has 1 fully saturated rings. The minimum Gasteiger partial charge on any atom is -0.389 e. The lowest BCUT2D eigenvalue weighted by Gasteiger charge is -2.16. The lowest BCUT2D eigenvalue weighted by molar-refractivity contribution is -0.0781. The molecule has 1 saturated heterocycles. The predicted molar refractivity (Wildman–Crippen MR) is 100 cm³/mol. The Bertz CT molecular complexity index is 1050. The number of aromatic amines is 1. The maximum Gasteiger partial charge on any atom is 0.283 e. The van der Waals surface area contributed by atoms with Gasteiger partial charge in [0.2, 0.25) is 0 Å². The van der Waals surface area contributed by atoms with E-state index in [0.29, 0.717) is 18.5 Å². The van der Waals surface area contributed by atoms with E-state index in [0.717, 1.165) is 21.5 Å². The van der Waals surface area contributed by atoms with Crippen LogP contribution in [0.2, 0.25) is 0 Å². The summed E-state index contributed by atoms with van der Waals surface area (Å²) >= 11 is 0. The number of aryl methyl sites for hydroxylation is 3. The van der Waals surface area contributed by atoms with E-state index in [1.165, 1.54) is 0 Å². The van der Waals surface area contributed by atoms with Crippen molar-refractivity contribution in [2.45, 2.75) is 26.0 Å². The van der Waals surface area contributed by atoms with Crippen molar-refractivity contribution in [1.82, 2.24) is 14.6 Å². The van der Waals surface area contributed by atoms with Crippen LogP contribution in [0.5, 0.6) is 0 Å². The van der Waals surface area contributed by atoms with Crippen molar-refractivity contribution in [1.29, 1.82) is 0 Å². The Balaban J connectivity index is 1.59. The molecule has 1 unspecified atom stereocenters. The van der Waals surface area contributed by atoms with E-state index in [1.807, 2.05) is 30.5 Å². The number of aliphatic hydroxyl groups is 1. The molecule has 27 heavy (non-hydrogen) atoms. The van der Waals surface area contributed by atoms with Crippen molar-refractivity contribution in [3.63, 3.8) is 0 Å². The van der Waals surface area contributed by atoms with Gasteiger partial charge in [-0.05, 0) is 36.6 Å². The van der Waals surface area contributed by atoms with Gasteiger partial charge in [0.25, 0.3) is 11.5 Å². The lowest BCUT2D eigenvalue weighted by atomic mass is 10.1. The number of aromatic nitrogens is 2. The van der Waals surface area contributed by atoms with Crippen LogP contribution < -0.4 is 5.56 Å². The highest BCUT2D eigenvalue weighted by Crippen LogP contribution is 2.18. The molecule has 1 amide bonds. The second kappa shape index (κ2) is 7.02. The largest absolute Gasteiger partial charge is 0.389 e. The number of nitrogens with zero attached hydrogens (tertiary/aromatic N) is 2. The molecule has 0 aliphatic carbocycles. The first-order chi connectivity index (χ1) is 13.0. The minimum absolute atomic E-state index is 0.0619. The number of fused-ring (bicyclic) bond motifs is 1. The number of para-hydroxylation sites is 1. The second-order valence-electron chi connectivity index (χ2n) is 6.80. The number of amides is 1. The summed E-state index contributed by atoms with van der Waals surface area (Å²) in [5.41, 5.74) is 2.52. The molecule has 0 radical (unpaired) electrons. The highest BCUT2D eigenvalue weighted by molar-refractivity contribution is 5.94. The molecule has 2 aromatic heterocycles.